The van der Waals surface area contributed by atoms with E-state index in [1.54, 1.807) is 23.1 Å². The highest BCUT2D eigenvalue weighted by molar-refractivity contribution is 5.75. The minimum Gasteiger partial charge on any atom is -0.328 e. The van der Waals surface area contributed by atoms with Crippen LogP contribution in [0.1, 0.15) is 57.5 Å². The maximum Gasteiger partial charge on any atom is 0.320 e. The number of imidazole rings is 1. The summed E-state index contributed by atoms with van der Waals surface area (Å²) in [6.07, 6.45) is 3.98. The predicted molar refractivity (Wildman–Crippen MR) is 147 cm³/mol. The summed E-state index contributed by atoms with van der Waals surface area (Å²) in [5.41, 5.74) is 7.33. The van der Waals surface area contributed by atoms with Gasteiger partial charge in [0.1, 0.15) is 24.1 Å². The molecule has 210 valence electrons. The van der Waals surface area contributed by atoms with E-state index in [2.05, 4.69) is 0 Å². The predicted octanol–water partition coefficient (Wildman–Crippen LogP) is 6.17. The summed E-state index contributed by atoms with van der Waals surface area (Å²) in [5, 5.41) is 0. The molecule has 0 radical (unpaired) electrons. The molecule has 1 aliphatic rings. The van der Waals surface area contributed by atoms with Crippen LogP contribution in [-0.2, 0) is 6.54 Å². The molecule has 0 saturated carbocycles. The molecule has 0 spiro atoms. The maximum absolute atomic E-state index is 14.1. The van der Waals surface area contributed by atoms with Gasteiger partial charge < -0.3 is 20.1 Å². The Labute approximate surface area is 228 Å². The lowest BCUT2D eigenvalue weighted by Gasteiger charge is -2.41. The number of urea groups is 1. The molecule has 39 heavy (non-hydrogen) atoms. The molecule has 2 atom stereocenters. The molecule has 1 aromatic heterocycles. The zero-order valence-corrected chi connectivity index (χ0v) is 22.9. The van der Waals surface area contributed by atoms with Gasteiger partial charge in [0.05, 0.1) is 11.7 Å². The third kappa shape index (κ3) is 7.01. The normalized spacial score (nSPS) is 15.4. The molecule has 2 amide bonds. The number of halogens is 3. The van der Waals surface area contributed by atoms with Crippen LogP contribution in [0.25, 0.3) is 11.3 Å². The van der Waals surface area contributed by atoms with Gasteiger partial charge >= 0.3 is 6.03 Å². The van der Waals surface area contributed by atoms with Gasteiger partial charge in [0.15, 0.2) is 0 Å². The lowest BCUT2D eigenvalue weighted by molar-refractivity contribution is 0.0855. The second kappa shape index (κ2) is 12.2. The quantitative estimate of drug-likeness (QED) is 0.352. The summed E-state index contributed by atoms with van der Waals surface area (Å²) in [7, 11) is 0. The Balaban J connectivity index is 1.84. The standard InChI is InChI=1S/C30H38F3N5O/c1-30(2,3)27(38(15-12-25(34)18-31)29(39)36-13-4-5-14-36)28-35-26(22-9-7-11-24(33)17-22)20-37(28)19-21-8-6-10-23(32)16-21/h6-11,16-17,20,25,27H,4-5,12-15,18-19,34H2,1-3H3/t25-,27-/m0/s1. The molecule has 1 fully saturated rings. The zero-order valence-electron chi connectivity index (χ0n) is 22.9. The van der Waals surface area contributed by atoms with Crippen molar-refractivity contribution in [3.63, 3.8) is 0 Å². The fourth-order valence-corrected chi connectivity index (χ4v) is 5.20. The van der Waals surface area contributed by atoms with Crippen LogP contribution in [0.5, 0.6) is 0 Å². The van der Waals surface area contributed by atoms with E-state index in [-0.39, 0.29) is 24.2 Å². The number of hydrogen-bond donors (Lipinski definition) is 1. The second-order valence-corrected chi connectivity index (χ2v) is 11.4. The number of alkyl halides is 1. The van der Waals surface area contributed by atoms with Gasteiger partial charge in [0.2, 0.25) is 0 Å². The number of aromatic nitrogens is 2. The topological polar surface area (TPSA) is 67.4 Å². The van der Waals surface area contributed by atoms with Gasteiger partial charge in [-0.25, -0.2) is 22.9 Å². The average Bonchev–Trinajstić information content (AvgIpc) is 3.56. The molecular formula is C30H38F3N5O. The van der Waals surface area contributed by atoms with Gasteiger partial charge in [-0.1, -0.05) is 45.0 Å². The number of carbonyl (C=O) groups excluding carboxylic acids is 1. The van der Waals surface area contributed by atoms with Gasteiger partial charge in [-0.15, -0.1) is 0 Å². The molecule has 2 heterocycles. The van der Waals surface area contributed by atoms with Gasteiger partial charge in [0, 0.05) is 44.0 Å². The Morgan fingerprint density at radius 2 is 1.74 bits per heavy atom. The summed E-state index contributed by atoms with van der Waals surface area (Å²) in [5.74, 6) is -0.141. The van der Waals surface area contributed by atoms with Crippen molar-refractivity contribution in [2.45, 2.75) is 58.7 Å². The Morgan fingerprint density at radius 1 is 1.08 bits per heavy atom. The molecule has 0 bridgehead atoms. The third-order valence-corrected chi connectivity index (χ3v) is 7.11. The van der Waals surface area contributed by atoms with Crippen molar-refractivity contribution in [3.05, 3.63) is 77.8 Å². The van der Waals surface area contributed by atoms with Crippen molar-refractivity contribution in [2.75, 3.05) is 26.3 Å². The van der Waals surface area contributed by atoms with Crippen LogP contribution in [0.3, 0.4) is 0 Å². The molecule has 6 nitrogen and oxygen atoms in total. The van der Waals surface area contributed by atoms with Crippen LogP contribution in [0.2, 0.25) is 0 Å². The van der Waals surface area contributed by atoms with Crippen LogP contribution >= 0.6 is 0 Å². The van der Waals surface area contributed by atoms with Crippen LogP contribution < -0.4 is 5.73 Å². The minimum absolute atomic E-state index is 0.133. The summed E-state index contributed by atoms with van der Waals surface area (Å²) in [4.78, 5) is 22.5. The van der Waals surface area contributed by atoms with E-state index in [9.17, 15) is 18.0 Å². The number of hydrogen-bond acceptors (Lipinski definition) is 3. The second-order valence-electron chi connectivity index (χ2n) is 11.4. The van der Waals surface area contributed by atoms with Crippen molar-refractivity contribution >= 4 is 6.03 Å². The van der Waals surface area contributed by atoms with E-state index < -0.39 is 24.2 Å². The molecule has 4 rings (SSSR count). The molecule has 3 aromatic rings. The van der Waals surface area contributed by atoms with Crippen LogP contribution in [-0.4, -0.2) is 57.7 Å². The van der Waals surface area contributed by atoms with Crippen LogP contribution in [0.4, 0.5) is 18.0 Å². The molecule has 1 aliphatic heterocycles. The van der Waals surface area contributed by atoms with E-state index in [4.69, 9.17) is 10.7 Å². The summed E-state index contributed by atoms with van der Waals surface area (Å²) in [6.45, 7) is 7.29. The first kappa shape index (κ1) is 28.7. The Morgan fingerprint density at radius 3 is 2.36 bits per heavy atom. The van der Waals surface area contributed by atoms with E-state index in [1.807, 2.05) is 42.5 Å². The van der Waals surface area contributed by atoms with E-state index in [1.165, 1.54) is 24.3 Å². The van der Waals surface area contributed by atoms with Gasteiger partial charge in [-0.05, 0) is 54.5 Å². The number of nitrogens with two attached hydrogens (primary N) is 1. The highest BCUT2D eigenvalue weighted by Crippen LogP contribution is 2.40. The zero-order chi connectivity index (χ0) is 28.2. The van der Waals surface area contributed by atoms with Crippen LogP contribution in [0, 0.1) is 17.0 Å². The highest BCUT2D eigenvalue weighted by Gasteiger charge is 2.40. The molecular weight excluding hydrogens is 503 g/mol. The number of nitrogens with zero attached hydrogens (tertiary/aromatic N) is 4. The fraction of sp³-hybridized carbons (Fsp3) is 0.467. The molecule has 1 saturated heterocycles. The minimum atomic E-state index is -0.686. The fourth-order valence-electron chi connectivity index (χ4n) is 5.20. The largest absolute Gasteiger partial charge is 0.328 e. The van der Waals surface area contributed by atoms with Crippen molar-refractivity contribution in [3.8, 4) is 11.3 Å². The first-order valence-corrected chi connectivity index (χ1v) is 13.5. The Kier molecular flexibility index (Phi) is 9.00. The molecule has 2 N–H and O–H groups in total. The number of carbonyl (C=O) groups is 1. The van der Waals surface area contributed by atoms with Crippen molar-refractivity contribution in [1.29, 1.82) is 0 Å². The molecule has 9 heteroatoms. The number of benzene rings is 2. The Hall–Kier alpha value is -3.33. The average molecular weight is 542 g/mol. The molecule has 0 aliphatic carbocycles. The summed E-state index contributed by atoms with van der Waals surface area (Å²) >= 11 is 0. The summed E-state index contributed by atoms with van der Waals surface area (Å²) < 4.78 is 43.5. The first-order valence-electron chi connectivity index (χ1n) is 13.5. The van der Waals surface area contributed by atoms with E-state index in [0.717, 1.165) is 18.4 Å². The number of rotatable bonds is 9. The third-order valence-electron chi connectivity index (χ3n) is 7.11. The first-order chi connectivity index (χ1) is 18.6. The maximum atomic E-state index is 14.1. The number of amides is 2. The van der Waals surface area contributed by atoms with Crippen molar-refractivity contribution < 1.29 is 18.0 Å². The van der Waals surface area contributed by atoms with E-state index >= 15 is 0 Å². The molecule has 2 aromatic carbocycles. The lowest BCUT2D eigenvalue weighted by Crippen LogP contribution is -2.49. The molecule has 0 unspecified atom stereocenters. The highest BCUT2D eigenvalue weighted by atomic mass is 19.1. The smallest absolute Gasteiger partial charge is 0.320 e. The van der Waals surface area contributed by atoms with E-state index in [0.29, 0.717) is 43.1 Å². The van der Waals surface area contributed by atoms with Gasteiger partial charge in [-0.2, -0.15) is 0 Å². The monoisotopic (exact) mass is 541 g/mol. The van der Waals surface area contributed by atoms with Crippen molar-refractivity contribution in [2.24, 2.45) is 11.1 Å². The lowest BCUT2D eigenvalue weighted by atomic mass is 9.84. The van der Waals surface area contributed by atoms with Crippen molar-refractivity contribution in [1.82, 2.24) is 19.4 Å². The Bertz CT molecular complexity index is 1270. The van der Waals surface area contributed by atoms with Crippen LogP contribution in [0.15, 0.2) is 54.7 Å². The SMILES string of the molecule is CC(C)(C)[C@H](c1nc(-c2cccc(F)c2)cn1Cc1cccc(F)c1)N(CC[C@H](N)CF)C(=O)N1CCCC1. The number of likely N-dealkylation sites (tertiary alicyclic amines) is 1. The van der Waals surface area contributed by atoms with Gasteiger partial charge in [-0.3, -0.25) is 0 Å². The van der Waals surface area contributed by atoms with Gasteiger partial charge in [0.25, 0.3) is 0 Å². The summed E-state index contributed by atoms with van der Waals surface area (Å²) in [6, 6.07) is 11.2.